The highest BCUT2D eigenvalue weighted by atomic mass is 79.9. The van der Waals surface area contributed by atoms with Crippen LogP contribution in [0.5, 0.6) is 0 Å². The van der Waals surface area contributed by atoms with Crippen molar-refractivity contribution in [1.29, 1.82) is 0 Å². The van der Waals surface area contributed by atoms with E-state index >= 15 is 0 Å². The van der Waals surface area contributed by atoms with Gasteiger partial charge in [-0.25, -0.2) is 8.42 Å². The topological polar surface area (TPSA) is 61.4 Å². The number of nitrogens with one attached hydrogen (secondary N) is 2. The lowest BCUT2D eigenvalue weighted by atomic mass is 10.0. The van der Waals surface area contributed by atoms with Crippen molar-refractivity contribution in [3.8, 4) is 0 Å². The minimum Gasteiger partial charge on any atom is -0.371 e. The summed E-state index contributed by atoms with van der Waals surface area (Å²) in [5.74, 6) is 0. The molecule has 0 aliphatic carbocycles. The van der Waals surface area contributed by atoms with Crippen molar-refractivity contribution in [1.82, 2.24) is 5.32 Å². The number of benzene rings is 2. The number of sulfonamides is 1. The second-order valence-corrected chi connectivity index (χ2v) is 8.80. The van der Waals surface area contributed by atoms with E-state index in [1.165, 1.54) is 0 Å². The van der Waals surface area contributed by atoms with Crippen LogP contribution in [0.25, 0.3) is 0 Å². The first-order chi connectivity index (χ1) is 12.0. The smallest absolute Gasteiger partial charge is 0.261 e. The molecule has 0 aromatic heterocycles. The monoisotopic (exact) mass is 423 g/mol. The summed E-state index contributed by atoms with van der Waals surface area (Å²) in [7, 11) is -1.53. The zero-order valence-corrected chi connectivity index (χ0v) is 16.5. The highest BCUT2D eigenvalue weighted by molar-refractivity contribution is 9.10. The average molecular weight is 424 g/mol. The van der Waals surface area contributed by atoms with Crippen molar-refractivity contribution >= 4 is 37.3 Å². The molecule has 134 valence electrons. The number of halogens is 1. The van der Waals surface area contributed by atoms with E-state index in [0.29, 0.717) is 11.7 Å². The third kappa shape index (κ3) is 4.54. The number of hydrogen-bond acceptors (Lipinski definition) is 4. The minimum atomic E-state index is -3.60. The summed E-state index contributed by atoms with van der Waals surface area (Å²) < 4.78 is 28.6. The zero-order valence-electron chi connectivity index (χ0n) is 14.1. The molecule has 1 aliphatic heterocycles. The molecule has 0 saturated carbocycles. The average Bonchev–Trinajstić information content (AvgIpc) is 2.62. The van der Waals surface area contributed by atoms with Gasteiger partial charge in [-0.3, -0.25) is 4.72 Å². The molecule has 1 saturated heterocycles. The molecule has 0 bridgehead atoms. The molecule has 0 atom stereocenters. The molecule has 2 aromatic carbocycles. The molecule has 2 N–H and O–H groups in total. The maximum absolute atomic E-state index is 12.5. The Labute approximate surface area is 157 Å². The fourth-order valence-corrected chi connectivity index (χ4v) is 4.34. The third-order valence-electron chi connectivity index (χ3n) is 4.49. The summed E-state index contributed by atoms with van der Waals surface area (Å²) >= 11 is 3.32. The number of rotatable bonds is 5. The van der Waals surface area contributed by atoms with Gasteiger partial charge in [0.05, 0.1) is 10.6 Å². The standard InChI is InChI=1S/C18H22BrN3O2S/c1-22(16-9-11-20-12-10-16)17-4-2-3-15(13-17)21-25(23,24)18-7-5-14(19)6-8-18/h2-8,13,16,20-21H,9-12H2,1H3. The van der Waals surface area contributed by atoms with E-state index in [-0.39, 0.29) is 4.90 Å². The Bertz CT molecular complexity index is 818. The van der Waals surface area contributed by atoms with Gasteiger partial charge in [0.15, 0.2) is 0 Å². The normalized spacial score (nSPS) is 15.8. The summed E-state index contributed by atoms with van der Waals surface area (Å²) in [5, 5.41) is 3.36. The van der Waals surface area contributed by atoms with Crippen molar-refractivity contribution in [2.75, 3.05) is 29.8 Å². The molecular weight excluding hydrogens is 402 g/mol. The number of piperidine rings is 1. The lowest BCUT2D eigenvalue weighted by molar-refractivity contribution is 0.443. The van der Waals surface area contributed by atoms with Crippen LogP contribution >= 0.6 is 15.9 Å². The highest BCUT2D eigenvalue weighted by Crippen LogP contribution is 2.25. The second-order valence-electron chi connectivity index (χ2n) is 6.20. The zero-order chi connectivity index (χ0) is 17.9. The molecule has 7 heteroatoms. The van der Waals surface area contributed by atoms with Crippen LogP contribution in [0.1, 0.15) is 12.8 Å². The van der Waals surface area contributed by atoms with Crippen LogP contribution in [-0.4, -0.2) is 34.6 Å². The fraction of sp³-hybridized carbons (Fsp3) is 0.333. The van der Waals surface area contributed by atoms with Crippen molar-refractivity contribution in [3.63, 3.8) is 0 Å². The predicted octanol–water partition coefficient (Wildman–Crippen LogP) is 3.44. The number of nitrogens with zero attached hydrogens (tertiary/aromatic N) is 1. The molecule has 1 fully saturated rings. The number of hydrogen-bond donors (Lipinski definition) is 2. The summed E-state index contributed by atoms with van der Waals surface area (Å²) in [6.45, 7) is 2.04. The van der Waals surface area contributed by atoms with Crippen LogP contribution in [-0.2, 0) is 10.0 Å². The lowest BCUT2D eigenvalue weighted by Gasteiger charge is -2.33. The van der Waals surface area contributed by atoms with Crippen LogP contribution in [0.4, 0.5) is 11.4 Å². The summed E-state index contributed by atoms with van der Waals surface area (Å²) in [4.78, 5) is 2.48. The molecule has 3 rings (SSSR count). The van der Waals surface area contributed by atoms with Gasteiger partial charge in [-0.15, -0.1) is 0 Å². The Kier molecular flexibility index (Phi) is 5.66. The van der Waals surface area contributed by atoms with Gasteiger partial charge in [-0.2, -0.15) is 0 Å². The third-order valence-corrected chi connectivity index (χ3v) is 6.41. The molecule has 0 unspecified atom stereocenters. The quantitative estimate of drug-likeness (QED) is 0.772. The molecule has 1 heterocycles. The van der Waals surface area contributed by atoms with Gasteiger partial charge in [-0.1, -0.05) is 22.0 Å². The van der Waals surface area contributed by atoms with Crippen molar-refractivity contribution in [2.45, 2.75) is 23.8 Å². The molecule has 1 aliphatic rings. The van der Waals surface area contributed by atoms with Gasteiger partial charge >= 0.3 is 0 Å². The Balaban J connectivity index is 1.78. The van der Waals surface area contributed by atoms with Crippen LogP contribution in [0, 0.1) is 0 Å². The van der Waals surface area contributed by atoms with E-state index in [2.05, 4.69) is 37.9 Å². The minimum absolute atomic E-state index is 0.243. The van der Waals surface area contributed by atoms with Gasteiger partial charge in [0.1, 0.15) is 0 Å². The van der Waals surface area contributed by atoms with Crippen LogP contribution < -0.4 is 14.9 Å². The molecule has 5 nitrogen and oxygen atoms in total. The van der Waals surface area contributed by atoms with Crippen LogP contribution in [0.3, 0.4) is 0 Å². The van der Waals surface area contributed by atoms with Gasteiger partial charge in [0.25, 0.3) is 10.0 Å². The van der Waals surface area contributed by atoms with Crippen molar-refractivity contribution in [3.05, 3.63) is 53.0 Å². The van der Waals surface area contributed by atoms with E-state index in [0.717, 1.165) is 36.1 Å². The molecule has 0 radical (unpaired) electrons. The molecule has 25 heavy (non-hydrogen) atoms. The van der Waals surface area contributed by atoms with E-state index in [1.54, 1.807) is 30.3 Å². The van der Waals surface area contributed by atoms with Crippen LogP contribution in [0.15, 0.2) is 57.9 Å². The molecular formula is C18H22BrN3O2S. The Morgan fingerprint density at radius 1 is 1.12 bits per heavy atom. The van der Waals surface area contributed by atoms with E-state index in [1.807, 2.05) is 18.2 Å². The first kappa shape index (κ1) is 18.2. The molecule has 0 spiro atoms. The molecule has 2 aromatic rings. The summed E-state index contributed by atoms with van der Waals surface area (Å²) in [6, 6.07) is 14.6. The summed E-state index contributed by atoms with van der Waals surface area (Å²) in [5.41, 5.74) is 1.59. The maximum Gasteiger partial charge on any atom is 0.261 e. The lowest BCUT2D eigenvalue weighted by Crippen LogP contribution is -2.41. The Morgan fingerprint density at radius 2 is 1.80 bits per heavy atom. The fourth-order valence-electron chi connectivity index (χ4n) is 3.02. The SMILES string of the molecule is CN(c1cccc(NS(=O)(=O)c2ccc(Br)cc2)c1)C1CCNCC1. The van der Waals surface area contributed by atoms with Crippen molar-refractivity contribution < 1.29 is 8.42 Å². The maximum atomic E-state index is 12.5. The van der Waals surface area contributed by atoms with Gasteiger partial charge in [0.2, 0.25) is 0 Å². The van der Waals surface area contributed by atoms with Crippen LogP contribution in [0.2, 0.25) is 0 Å². The molecule has 0 amide bonds. The van der Waals surface area contributed by atoms with E-state index < -0.39 is 10.0 Å². The number of anilines is 2. The first-order valence-electron chi connectivity index (χ1n) is 8.28. The Hall–Kier alpha value is -1.57. The van der Waals surface area contributed by atoms with E-state index in [4.69, 9.17) is 0 Å². The highest BCUT2D eigenvalue weighted by Gasteiger charge is 2.19. The van der Waals surface area contributed by atoms with Crippen molar-refractivity contribution in [2.24, 2.45) is 0 Å². The van der Waals surface area contributed by atoms with Gasteiger partial charge in [0, 0.05) is 23.2 Å². The van der Waals surface area contributed by atoms with E-state index in [9.17, 15) is 8.42 Å². The second kappa shape index (κ2) is 7.76. The first-order valence-corrected chi connectivity index (χ1v) is 10.6. The van der Waals surface area contributed by atoms with Gasteiger partial charge < -0.3 is 10.2 Å². The Morgan fingerprint density at radius 3 is 2.48 bits per heavy atom. The van der Waals surface area contributed by atoms with Gasteiger partial charge in [-0.05, 0) is 68.4 Å². The predicted molar refractivity (Wildman–Crippen MR) is 106 cm³/mol. The largest absolute Gasteiger partial charge is 0.371 e. The summed E-state index contributed by atoms with van der Waals surface area (Å²) in [6.07, 6.45) is 2.18.